The molecule has 110 valence electrons. The highest BCUT2D eigenvalue weighted by atomic mass is 16.6. The average molecular weight is 281 g/mol. The highest BCUT2D eigenvalue weighted by molar-refractivity contribution is 5.97. The zero-order chi connectivity index (χ0) is 15.3. The molecule has 0 atom stereocenters. The maximum Gasteiger partial charge on any atom is 0.312 e. The van der Waals surface area contributed by atoms with Crippen molar-refractivity contribution < 1.29 is 10.1 Å². The Morgan fingerprint density at radius 2 is 2.30 bits per heavy atom. The molecule has 1 heterocycles. The number of nitro groups is 1. The Hall–Kier alpha value is -2.38. The molecule has 0 amide bonds. The molecular weight excluding hydrogens is 262 g/mol. The zero-order valence-corrected chi connectivity index (χ0v) is 11.8. The molecule has 1 aromatic heterocycles. The van der Waals surface area contributed by atoms with Gasteiger partial charge in [0.15, 0.2) is 5.84 Å². The first-order valence-corrected chi connectivity index (χ1v) is 6.20. The van der Waals surface area contributed by atoms with E-state index in [0.29, 0.717) is 12.5 Å². The van der Waals surface area contributed by atoms with Crippen molar-refractivity contribution in [1.29, 1.82) is 0 Å². The van der Waals surface area contributed by atoms with Gasteiger partial charge in [0.25, 0.3) is 0 Å². The van der Waals surface area contributed by atoms with Gasteiger partial charge in [0.05, 0.1) is 4.92 Å². The molecule has 0 aliphatic rings. The Labute approximate surface area is 117 Å². The van der Waals surface area contributed by atoms with Gasteiger partial charge in [-0.1, -0.05) is 19.0 Å². The van der Waals surface area contributed by atoms with Crippen LogP contribution in [0.15, 0.2) is 17.4 Å². The number of pyridine rings is 1. The van der Waals surface area contributed by atoms with E-state index in [2.05, 4.69) is 24.0 Å². The molecule has 1 aromatic rings. The lowest BCUT2D eigenvalue weighted by molar-refractivity contribution is -0.384. The van der Waals surface area contributed by atoms with Crippen molar-refractivity contribution in [3.05, 3.63) is 27.9 Å². The molecule has 20 heavy (non-hydrogen) atoms. The number of nitrogens with two attached hydrogens (primary N) is 1. The Morgan fingerprint density at radius 3 is 2.80 bits per heavy atom. The van der Waals surface area contributed by atoms with Crippen LogP contribution in [-0.4, -0.2) is 34.5 Å². The third kappa shape index (κ3) is 3.81. The normalized spacial score (nSPS) is 11.7. The van der Waals surface area contributed by atoms with Gasteiger partial charge in [-0.2, -0.15) is 0 Å². The van der Waals surface area contributed by atoms with Crippen LogP contribution in [-0.2, 0) is 0 Å². The van der Waals surface area contributed by atoms with Gasteiger partial charge in [-0.15, -0.1) is 0 Å². The molecule has 0 fully saturated rings. The van der Waals surface area contributed by atoms with E-state index in [1.54, 1.807) is 11.9 Å². The van der Waals surface area contributed by atoms with Crippen LogP contribution in [0.2, 0.25) is 0 Å². The lowest BCUT2D eigenvalue weighted by Gasteiger charge is -2.19. The molecule has 0 aliphatic heterocycles. The summed E-state index contributed by atoms with van der Waals surface area (Å²) in [6.45, 7) is 4.82. The van der Waals surface area contributed by atoms with Crippen molar-refractivity contribution in [2.45, 2.75) is 20.3 Å². The van der Waals surface area contributed by atoms with Crippen molar-refractivity contribution in [3.8, 4) is 0 Å². The Morgan fingerprint density at radius 1 is 1.65 bits per heavy atom. The molecule has 0 radical (unpaired) electrons. The van der Waals surface area contributed by atoms with E-state index in [-0.39, 0.29) is 22.9 Å². The summed E-state index contributed by atoms with van der Waals surface area (Å²) in [5.41, 5.74) is 5.45. The Bertz CT molecular complexity index is 516. The molecule has 8 nitrogen and oxygen atoms in total. The Kier molecular flexibility index (Phi) is 5.24. The fourth-order valence-electron chi connectivity index (χ4n) is 1.63. The summed E-state index contributed by atoms with van der Waals surface area (Å²) in [6, 6.07) is 1.25. The number of amidine groups is 1. The second kappa shape index (κ2) is 6.69. The first-order chi connectivity index (χ1) is 9.36. The summed E-state index contributed by atoms with van der Waals surface area (Å²) in [7, 11) is 1.75. The van der Waals surface area contributed by atoms with E-state index in [4.69, 9.17) is 10.9 Å². The highest BCUT2D eigenvalue weighted by Gasteiger charge is 2.20. The van der Waals surface area contributed by atoms with Crippen LogP contribution >= 0.6 is 0 Å². The number of anilines is 1. The smallest absolute Gasteiger partial charge is 0.312 e. The van der Waals surface area contributed by atoms with Gasteiger partial charge < -0.3 is 15.8 Å². The predicted octanol–water partition coefficient (Wildman–Crippen LogP) is 1.57. The van der Waals surface area contributed by atoms with Gasteiger partial charge in [-0.3, -0.25) is 10.1 Å². The van der Waals surface area contributed by atoms with E-state index in [0.717, 1.165) is 6.42 Å². The summed E-state index contributed by atoms with van der Waals surface area (Å²) in [5, 5.41) is 22.5. The number of aromatic nitrogens is 1. The number of hydrogen-bond acceptors (Lipinski definition) is 6. The maximum absolute atomic E-state index is 11.1. The molecule has 0 unspecified atom stereocenters. The first-order valence-electron chi connectivity index (χ1n) is 6.20. The maximum atomic E-state index is 11.1. The van der Waals surface area contributed by atoms with Gasteiger partial charge in [0.2, 0.25) is 5.82 Å². The molecule has 1 rings (SSSR count). The van der Waals surface area contributed by atoms with Crippen LogP contribution in [0.25, 0.3) is 0 Å². The fourth-order valence-corrected chi connectivity index (χ4v) is 1.63. The molecule has 8 heteroatoms. The molecule has 0 spiro atoms. The van der Waals surface area contributed by atoms with Gasteiger partial charge in [0, 0.05) is 31.4 Å². The minimum atomic E-state index is -0.525. The fraction of sp³-hybridized carbons (Fsp3) is 0.500. The zero-order valence-electron chi connectivity index (χ0n) is 11.8. The number of rotatable bonds is 6. The molecule has 0 aromatic carbocycles. The molecule has 0 saturated carbocycles. The lowest BCUT2D eigenvalue weighted by Crippen LogP contribution is -2.23. The summed E-state index contributed by atoms with van der Waals surface area (Å²) >= 11 is 0. The van der Waals surface area contributed by atoms with Crippen LogP contribution in [0.4, 0.5) is 11.5 Å². The minimum absolute atomic E-state index is 0.166. The molecule has 3 N–H and O–H groups in total. The van der Waals surface area contributed by atoms with Gasteiger partial charge in [-0.05, 0) is 12.3 Å². The standard InChI is InChI=1S/C12H19N5O3/c1-8(2)4-5-16(3)12-10(17(19)20)6-9(7-14-12)11(13)15-18/h6-8,18H,4-5H2,1-3H3,(H2,13,15). The van der Waals surface area contributed by atoms with Crippen LogP contribution in [0.3, 0.4) is 0 Å². The van der Waals surface area contributed by atoms with E-state index < -0.39 is 4.92 Å². The molecule has 0 saturated heterocycles. The monoisotopic (exact) mass is 281 g/mol. The summed E-state index contributed by atoms with van der Waals surface area (Å²) < 4.78 is 0. The van der Waals surface area contributed by atoms with E-state index in [1.807, 2.05) is 0 Å². The van der Waals surface area contributed by atoms with Crippen molar-refractivity contribution >= 4 is 17.3 Å². The van der Waals surface area contributed by atoms with Gasteiger partial charge >= 0.3 is 5.69 Å². The van der Waals surface area contributed by atoms with Crippen molar-refractivity contribution in [1.82, 2.24) is 4.98 Å². The van der Waals surface area contributed by atoms with Crippen molar-refractivity contribution in [3.63, 3.8) is 0 Å². The summed E-state index contributed by atoms with van der Waals surface area (Å²) in [4.78, 5) is 16.4. The van der Waals surface area contributed by atoms with Crippen molar-refractivity contribution in [2.75, 3.05) is 18.5 Å². The van der Waals surface area contributed by atoms with E-state index in [1.165, 1.54) is 12.3 Å². The average Bonchev–Trinajstić information content (AvgIpc) is 2.43. The number of oxime groups is 1. The second-order valence-electron chi connectivity index (χ2n) is 4.91. The van der Waals surface area contributed by atoms with E-state index in [9.17, 15) is 10.1 Å². The van der Waals surface area contributed by atoms with Gasteiger partial charge in [0.1, 0.15) is 0 Å². The summed E-state index contributed by atoms with van der Waals surface area (Å²) in [5.74, 6) is 0.551. The lowest BCUT2D eigenvalue weighted by atomic mass is 10.1. The largest absolute Gasteiger partial charge is 0.409 e. The topological polar surface area (TPSA) is 118 Å². The van der Waals surface area contributed by atoms with Gasteiger partial charge in [-0.25, -0.2) is 4.98 Å². The quantitative estimate of drug-likeness (QED) is 0.268. The first kappa shape index (κ1) is 15.7. The van der Waals surface area contributed by atoms with Crippen LogP contribution in [0.5, 0.6) is 0 Å². The predicted molar refractivity (Wildman–Crippen MR) is 76.1 cm³/mol. The molecule has 0 bridgehead atoms. The Balaban J connectivity index is 3.10. The number of hydrogen-bond donors (Lipinski definition) is 2. The molecular formula is C12H19N5O3. The minimum Gasteiger partial charge on any atom is -0.409 e. The highest BCUT2D eigenvalue weighted by Crippen LogP contribution is 2.26. The van der Waals surface area contributed by atoms with E-state index >= 15 is 0 Å². The van der Waals surface area contributed by atoms with Crippen LogP contribution in [0, 0.1) is 16.0 Å². The van der Waals surface area contributed by atoms with Crippen molar-refractivity contribution in [2.24, 2.45) is 16.8 Å². The third-order valence-corrected chi connectivity index (χ3v) is 2.85. The van der Waals surface area contributed by atoms with Crippen LogP contribution < -0.4 is 10.6 Å². The molecule has 0 aliphatic carbocycles. The SMILES string of the molecule is CC(C)CCN(C)c1ncc(C(N)=NO)cc1[N+](=O)[O-]. The van der Waals surface area contributed by atoms with Crippen LogP contribution in [0.1, 0.15) is 25.8 Å². The number of nitrogens with zero attached hydrogens (tertiary/aromatic N) is 4. The second-order valence-corrected chi connectivity index (χ2v) is 4.91. The third-order valence-electron chi connectivity index (χ3n) is 2.85. The summed E-state index contributed by atoms with van der Waals surface area (Å²) in [6.07, 6.45) is 2.25.